The second kappa shape index (κ2) is 5.19. The van der Waals surface area contributed by atoms with Crippen molar-refractivity contribution in [3.8, 4) is 5.75 Å². The molecule has 0 aliphatic carbocycles. The van der Waals surface area contributed by atoms with Crippen LogP contribution in [0.15, 0.2) is 18.2 Å². The maximum Gasteiger partial charge on any atom is 0.231 e. The smallest absolute Gasteiger partial charge is 0.231 e. The number of amides is 1. The lowest BCUT2D eigenvalue weighted by Crippen LogP contribution is -2.39. The summed E-state index contributed by atoms with van der Waals surface area (Å²) in [5.74, 6) is 0.806. The van der Waals surface area contributed by atoms with Crippen LogP contribution in [0, 0.1) is 5.92 Å². The molecule has 2 atom stereocenters. The van der Waals surface area contributed by atoms with Crippen LogP contribution < -0.4 is 15.4 Å². The fraction of sp³-hybridized carbons (Fsp3) is 0.500. The zero-order valence-corrected chi connectivity index (χ0v) is 10.9. The molecule has 1 amide bonds. The Morgan fingerprint density at radius 3 is 3.11 bits per heavy atom. The largest absolute Gasteiger partial charge is 0.493 e. The molecule has 0 aromatic heterocycles. The number of likely N-dealkylation sites (N-methyl/N-ethyl adjacent to an activating group) is 1. The molecule has 2 unspecified atom stereocenters. The summed E-state index contributed by atoms with van der Waals surface area (Å²) in [5, 5.41) is 6.08. The molecule has 1 aromatic carbocycles. The van der Waals surface area contributed by atoms with E-state index < -0.39 is 0 Å². The van der Waals surface area contributed by atoms with Gasteiger partial charge >= 0.3 is 0 Å². The molecule has 1 fully saturated rings. The molecular weight excluding hydrogens is 244 g/mol. The van der Waals surface area contributed by atoms with Gasteiger partial charge in [0.1, 0.15) is 5.75 Å². The second-order valence-corrected chi connectivity index (χ2v) is 4.95. The van der Waals surface area contributed by atoms with Crippen molar-refractivity contribution < 1.29 is 14.3 Å². The Morgan fingerprint density at radius 2 is 2.26 bits per heavy atom. The average molecular weight is 262 g/mol. The predicted octanol–water partition coefficient (Wildman–Crippen LogP) is 0.794. The highest BCUT2D eigenvalue weighted by atomic mass is 16.5. The highest BCUT2D eigenvalue weighted by Gasteiger charge is 2.33. The maximum absolute atomic E-state index is 12.2. The molecule has 1 saturated heterocycles. The number of rotatable bonds is 3. The number of nitrogens with one attached hydrogen (secondary N) is 2. The van der Waals surface area contributed by atoms with Crippen LogP contribution in [0.4, 0.5) is 5.69 Å². The fourth-order valence-electron chi connectivity index (χ4n) is 2.60. The minimum atomic E-state index is -0.130. The molecule has 0 bridgehead atoms. The van der Waals surface area contributed by atoms with Crippen LogP contribution in [0.2, 0.25) is 0 Å². The van der Waals surface area contributed by atoms with E-state index in [1.807, 2.05) is 25.2 Å². The van der Waals surface area contributed by atoms with Crippen molar-refractivity contribution >= 4 is 11.6 Å². The summed E-state index contributed by atoms with van der Waals surface area (Å²) in [6, 6.07) is 5.88. The van der Waals surface area contributed by atoms with Crippen molar-refractivity contribution in [3.05, 3.63) is 23.8 Å². The zero-order valence-electron chi connectivity index (χ0n) is 10.9. The molecule has 0 saturated carbocycles. The number of carbonyl (C=O) groups is 1. The van der Waals surface area contributed by atoms with E-state index in [4.69, 9.17) is 9.47 Å². The lowest BCUT2D eigenvalue weighted by Gasteiger charge is -2.16. The van der Waals surface area contributed by atoms with Crippen molar-refractivity contribution in [1.82, 2.24) is 5.32 Å². The van der Waals surface area contributed by atoms with Crippen LogP contribution in [0.25, 0.3) is 0 Å². The molecule has 0 spiro atoms. The molecule has 5 nitrogen and oxygen atoms in total. The minimum absolute atomic E-state index is 0.00992. The number of carbonyl (C=O) groups excluding carboxylic acids is 1. The third kappa shape index (κ3) is 2.43. The number of hydrogen-bond acceptors (Lipinski definition) is 4. The summed E-state index contributed by atoms with van der Waals surface area (Å²) in [6.07, 6.45) is 0.907. The zero-order chi connectivity index (χ0) is 13.2. The van der Waals surface area contributed by atoms with Gasteiger partial charge in [0.25, 0.3) is 0 Å². The molecule has 3 rings (SSSR count). The Kier molecular flexibility index (Phi) is 3.40. The predicted molar refractivity (Wildman–Crippen MR) is 71.4 cm³/mol. The summed E-state index contributed by atoms with van der Waals surface area (Å²) >= 11 is 0. The summed E-state index contributed by atoms with van der Waals surface area (Å²) in [5.41, 5.74) is 1.99. The standard InChI is InChI=1S/C14H18N2O3/c1-15-12-8-18-7-11(12)14(17)16-10-2-3-13-9(6-10)4-5-19-13/h2-3,6,11-12,15H,4-5,7-8H2,1H3,(H,16,17). The van der Waals surface area contributed by atoms with E-state index in [1.54, 1.807) is 0 Å². The summed E-state index contributed by atoms with van der Waals surface area (Å²) in [4.78, 5) is 12.2. The van der Waals surface area contributed by atoms with Crippen molar-refractivity contribution in [1.29, 1.82) is 0 Å². The SMILES string of the molecule is CNC1COCC1C(=O)Nc1ccc2c(c1)CCO2. The first-order chi connectivity index (χ1) is 9.28. The lowest BCUT2D eigenvalue weighted by atomic mass is 10.0. The van der Waals surface area contributed by atoms with Gasteiger partial charge in [-0.1, -0.05) is 0 Å². The molecule has 19 heavy (non-hydrogen) atoms. The van der Waals surface area contributed by atoms with Crippen LogP contribution >= 0.6 is 0 Å². The second-order valence-electron chi connectivity index (χ2n) is 4.95. The molecule has 0 radical (unpaired) electrons. The van der Waals surface area contributed by atoms with E-state index in [-0.39, 0.29) is 17.9 Å². The van der Waals surface area contributed by atoms with Crippen molar-refractivity contribution in [2.24, 2.45) is 5.92 Å². The van der Waals surface area contributed by atoms with Gasteiger partial charge in [0, 0.05) is 18.2 Å². The third-order valence-electron chi connectivity index (χ3n) is 3.75. The Hall–Kier alpha value is -1.59. The van der Waals surface area contributed by atoms with Crippen LogP contribution in [0.1, 0.15) is 5.56 Å². The van der Waals surface area contributed by atoms with Crippen molar-refractivity contribution in [2.75, 3.05) is 32.2 Å². The minimum Gasteiger partial charge on any atom is -0.493 e. The first-order valence-corrected chi connectivity index (χ1v) is 6.59. The first kappa shape index (κ1) is 12.4. The van der Waals surface area contributed by atoms with Crippen molar-refractivity contribution in [3.63, 3.8) is 0 Å². The van der Waals surface area contributed by atoms with Crippen LogP contribution in [-0.2, 0) is 16.0 Å². The normalized spacial score (nSPS) is 24.9. The lowest BCUT2D eigenvalue weighted by molar-refractivity contribution is -0.120. The monoisotopic (exact) mass is 262 g/mol. The van der Waals surface area contributed by atoms with E-state index in [2.05, 4.69) is 10.6 Å². The Labute approximate surface area is 112 Å². The Morgan fingerprint density at radius 1 is 1.37 bits per heavy atom. The van der Waals surface area contributed by atoms with Crippen LogP contribution in [0.3, 0.4) is 0 Å². The number of ether oxygens (including phenoxy) is 2. The molecular formula is C14H18N2O3. The van der Waals surface area contributed by atoms with Gasteiger partial charge in [-0.15, -0.1) is 0 Å². The number of benzene rings is 1. The van der Waals surface area contributed by atoms with Gasteiger partial charge in [0.05, 0.1) is 25.7 Å². The number of anilines is 1. The topological polar surface area (TPSA) is 59.6 Å². The highest BCUT2D eigenvalue weighted by molar-refractivity contribution is 5.93. The van der Waals surface area contributed by atoms with Gasteiger partial charge in [0.2, 0.25) is 5.91 Å². The van der Waals surface area contributed by atoms with Crippen LogP contribution in [-0.4, -0.2) is 38.8 Å². The third-order valence-corrected chi connectivity index (χ3v) is 3.75. The Bertz CT molecular complexity index is 490. The van der Waals surface area contributed by atoms with E-state index in [0.29, 0.717) is 13.2 Å². The summed E-state index contributed by atoms with van der Waals surface area (Å²) < 4.78 is 10.8. The van der Waals surface area contributed by atoms with Gasteiger partial charge in [-0.25, -0.2) is 0 Å². The van der Waals surface area contributed by atoms with Gasteiger partial charge in [-0.2, -0.15) is 0 Å². The van der Waals surface area contributed by atoms with Crippen molar-refractivity contribution in [2.45, 2.75) is 12.5 Å². The van der Waals surface area contributed by atoms with Gasteiger partial charge in [-0.3, -0.25) is 4.79 Å². The number of hydrogen-bond donors (Lipinski definition) is 2. The molecule has 2 heterocycles. The number of fused-ring (bicyclic) bond motifs is 1. The van der Waals surface area contributed by atoms with Gasteiger partial charge in [-0.05, 0) is 30.8 Å². The van der Waals surface area contributed by atoms with Crippen LogP contribution in [0.5, 0.6) is 5.75 Å². The van der Waals surface area contributed by atoms with Gasteiger partial charge < -0.3 is 20.1 Å². The highest BCUT2D eigenvalue weighted by Crippen LogP contribution is 2.28. The fourth-order valence-corrected chi connectivity index (χ4v) is 2.60. The molecule has 102 valence electrons. The molecule has 5 heteroatoms. The van der Waals surface area contributed by atoms with Gasteiger partial charge in [0.15, 0.2) is 0 Å². The molecule has 2 aliphatic heterocycles. The van der Waals surface area contributed by atoms with E-state index in [1.165, 1.54) is 0 Å². The van der Waals surface area contributed by atoms with E-state index in [0.717, 1.165) is 30.0 Å². The quantitative estimate of drug-likeness (QED) is 0.845. The summed E-state index contributed by atoms with van der Waals surface area (Å²) in [7, 11) is 1.85. The van der Waals surface area contributed by atoms with E-state index in [9.17, 15) is 4.79 Å². The maximum atomic E-state index is 12.2. The Balaban J connectivity index is 1.69. The average Bonchev–Trinajstić information content (AvgIpc) is 3.06. The molecule has 2 aliphatic rings. The van der Waals surface area contributed by atoms with E-state index >= 15 is 0 Å². The first-order valence-electron chi connectivity index (χ1n) is 6.59. The summed E-state index contributed by atoms with van der Waals surface area (Å²) in [6.45, 7) is 1.79. The molecule has 2 N–H and O–H groups in total. The molecule has 1 aromatic rings.